The third-order valence-corrected chi connectivity index (χ3v) is 25.6. The number of hydrogen-bond acceptors (Lipinski definition) is 10. The van der Waals surface area contributed by atoms with Gasteiger partial charge in [0, 0.05) is 61.2 Å². The Morgan fingerprint density at radius 3 is 0.500 bits per heavy atom. The predicted octanol–water partition coefficient (Wildman–Crippen LogP) is 5.56. The van der Waals surface area contributed by atoms with Crippen molar-refractivity contribution in [1.29, 1.82) is 0 Å². The molecule has 10 nitrogen and oxygen atoms in total. The van der Waals surface area contributed by atoms with Crippen molar-refractivity contribution in [3.8, 4) is 68.2 Å². The molecule has 0 amide bonds. The van der Waals surface area contributed by atoms with Crippen LogP contribution in [0.15, 0.2) is 291 Å². The quantitative estimate of drug-likeness (QED) is 0.107. The van der Waals surface area contributed by atoms with Gasteiger partial charge in [0.15, 0.2) is 46.0 Å². The first-order chi connectivity index (χ1) is 50.0. The third kappa shape index (κ3) is 24.1. The Balaban J connectivity index is 0.000000315. The van der Waals surface area contributed by atoms with Gasteiger partial charge in [-0.3, -0.25) is 0 Å². The molecule has 0 radical (unpaired) electrons. The van der Waals surface area contributed by atoms with E-state index in [0.717, 1.165) is 68.2 Å². The van der Waals surface area contributed by atoms with Crippen molar-refractivity contribution >= 4 is 120 Å². The summed E-state index contributed by atoms with van der Waals surface area (Å²) in [5.74, 6) is 5.98. The first-order valence-electron chi connectivity index (χ1n) is 31.9. The number of hydrogen-bond donors (Lipinski definition) is 2. The second kappa shape index (κ2) is 49.0. The molecule has 0 spiro atoms. The summed E-state index contributed by atoms with van der Waals surface area (Å²) in [5, 5.41) is 20.3. The van der Waals surface area contributed by atoms with Crippen LogP contribution in [0.4, 0.5) is 0 Å². The summed E-state index contributed by atoms with van der Waals surface area (Å²) in [6.45, 7) is 0.699. The average Bonchev–Trinajstić information content (AvgIpc) is 1.38. The maximum atomic E-state index is 6.35. The summed E-state index contributed by atoms with van der Waals surface area (Å²) < 4.78 is 49.5. The van der Waals surface area contributed by atoms with Gasteiger partial charge in [-0.15, -0.1) is 24.8 Å². The molecule has 0 unspecified atom stereocenters. The summed E-state index contributed by atoms with van der Waals surface area (Å²) in [5.41, 5.74) is 4.04. The molecule has 4 aliphatic heterocycles. The summed E-state index contributed by atoms with van der Waals surface area (Å²) in [6, 6.07) is 103. The van der Waals surface area contributed by atoms with Gasteiger partial charge < -0.3 is 73.3 Å². The summed E-state index contributed by atoms with van der Waals surface area (Å²) >= 11 is -2.84. The van der Waals surface area contributed by atoms with Crippen molar-refractivity contribution < 1.29 is 186 Å². The third-order valence-electron chi connectivity index (χ3n) is 15.6. The molecule has 0 aromatic heterocycles. The first kappa shape index (κ1) is 94.7. The van der Waals surface area contributed by atoms with Gasteiger partial charge in [-0.05, 0) is 172 Å². The minimum Gasteiger partial charge on any atom is -0.454 e. The fraction of sp³-hybridized carbons (Fsp3) is 0.100. The zero-order chi connectivity index (χ0) is 71.2. The van der Waals surface area contributed by atoms with Crippen LogP contribution < -0.4 is 137 Å². The zero-order valence-electron chi connectivity index (χ0n) is 58.0. The van der Waals surface area contributed by atoms with E-state index in [-0.39, 0.29) is 116 Å². The Morgan fingerprint density at radius 2 is 0.370 bits per heavy atom. The van der Waals surface area contributed by atoms with Crippen LogP contribution in [0.2, 0.25) is 0 Å². The number of halogens is 10. The topological polar surface area (TPSA) is 97.9 Å². The van der Waals surface area contributed by atoms with Gasteiger partial charge in [0.05, 0.1) is 0 Å². The Labute approximate surface area is 723 Å². The molecular weight excluding hydrogens is 2000 g/mol. The summed E-state index contributed by atoms with van der Waals surface area (Å²) in [4.78, 5) is 0. The van der Waals surface area contributed by atoms with Crippen molar-refractivity contribution in [3.63, 3.8) is 0 Å². The molecule has 576 valence electrons. The van der Waals surface area contributed by atoms with Gasteiger partial charge in [0.25, 0.3) is 0 Å². The molecule has 0 aliphatic carbocycles. The molecule has 0 saturated carbocycles. The van der Waals surface area contributed by atoms with E-state index in [1.54, 1.807) is 0 Å². The van der Waals surface area contributed by atoms with Gasteiger partial charge in [-0.25, -0.2) is 0 Å². The maximum absolute atomic E-state index is 6.35. The molecule has 0 bridgehead atoms. The van der Waals surface area contributed by atoms with E-state index >= 15 is 0 Å². The minimum atomic E-state index is -1.42. The SMILES string of the molecule is CNC.CNC.Cl.Cl.[Cl-].[Cl-].[ClH+][Ru-]([ClH+])[ClH+].[ClH+][Ru-]([ClH+])[ClH+].[Ru].[Ru].c1ccc(P(c2ccccc2)c2ccc3c(c2-c2c(P(c4ccccc4)c4ccccc4)ccc4c2OCO4)OCO3)cc1.c1ccc(P(c2ccccc2)c2ccc3c(c2-c2c(P(c4ccccc4)c4ccccc4)ccc4c2OCO4)OCO3)cc1. The molecule has 0 saturated heterocycles. The van der Waals surface area contributed by atoms with E-state index in [4.69, 9.17) is 37.9 Å². The van der Waals surface area contributed by atoms with Crippen LogP contribution in [0.3, 0.4) is 0 Å². The van der Waals surface area contributed by atoms with E-state index in [0.29, 0.717) is 0 Å². The number of fused-ring (bicyclic) bond motifs is 4. The smallest absolute Gasteiger partial charge is 0.231 e. The van der Waals surface area contributed by atoms with Crippen molar-refractivity contribution in [2.75, 3.05) is 55.4 Å². The molecule has 0 fully saturated rings. The van der Waals surface area contributed by atoms with Gasteiger partial charge in [-0.2, -0.15) is 0 Å². The summed E-state index contributed by atoms with van der Waals surface area (Å²) in [6.07, 6.45) is 0. The van der Waals surface area contributed by atoms with Gasteiger partial charge in [-0.1, -0.05) is 243 Å². The molecule has 4 heterocycles. The molecular formula is C80H78Cl10N2O8P4Ru4+2. The normalized spacial score (nSPS) is 11.8. The van der Waals surface area contributed by atoms with Crippen LogP contribution in [-0.4, -0.2) is 55.4 Å². The van der Waals surface area contributed by atoms with E-state index < -0.39 is 57.6 Å². The Bertz CT molecular complexity index is 3900. The Morgan fingerprint density at radius 1 is 0.241 bits per heavy atom. The Kier molecular flexibility index (Phi) is 42.9. The fourth-order valence-corrected chi connectivity index (χ4v) is 21.7. The molecule has 28 heteroatoms. The van der Waals surface area contributed by atoms with Crippen LogP contribution in [0.1, 0.15) is 0 Å². The van der Waals surface area contributed by atoms with E-state index in [1.807, 2.05) is 28.2 Å². The second-order valence-electron chi connectivity index (χ2n) is 22.2. The average molecular weight is 2080 g/mol. The van der Waals surface area contributed by atoms with Crippen molar-refractivity contribution in [3.05, 3.63) is 291 Å². The van der Waals surface area contributed by atoms with E-state index in [1.165, 1.54) is 63.7 Å². The number of nitrogens with one attached hydrogen (secondary N) is 2. The maximum Gasteiger partial charge on any atom is 0.231 e. The zero-order valence-corrected chi connectivity index (χ0v) is 76.6. The first-order valence-corrected chi connectivity index (χ1v) is 51.8. The van der Waals surface area contributed by atoms with E-state index in [2.05, 4.69) is 360 Å². The molecule has 0 atom stereocenters. The molecule has 16 rings (SSSR count). The predicted molar refractivity (Wildman–Crippen MR) is 416 cm³/mol. The largest absolute Gasteiger partial charge is 0.454 e. The standard InChI is InChI=1S/2C38H28O4P2.2C2H7N.10ClH.4Ru/c2*1-5-13-27(14-6-1)43(28-15-7-2-8-16-28)33-23-21-31-37(41-25-39-31)35(33)36-34(24-22-32-38(36)42-26-40-32)44(29-17-9-3-10-18-29)30-19-11-4-12-20-30;2*1-3-2;;;;;;;;;;;;;;/h2*1-24H,25-26H2;2*3H,1-2H3;10*1H;;;;/q;;;;;;;;;;;;;;;;2*+2/p-2. The van der Waals surface area contributed by atoms with Crippen LogP contribution in [0.5, 0.6) is 46.0 Å². The molecule has 108 heavy (non-hydrogen) atoms. The van der Waals surface area contributed by atoms with Gasteiger partial charge in [0.2, 0.25) is 27.2 Å². The molecule has 4 aliphatic rings. The number of benzene rings is 12. The fourth-order valence-electron chi connectivity index (χ4n) is 11.9. The van der Waals surface area contributed by atoms with Gasteiger partial charge in [0.1, 0.15) is 0 Å². The molecule has 12 aromatic rings. The minimum absolute atomic E-state index is 0. The van der Waals surface area contributed by atoms with Crippen molar-refractivity contribution in [2.45, 2.75) is 0 Å². The van der Waals surface area contributed by atoms with E-state index in [9.17, 15) is 0 Å². The summed E-state index contributed by atoms with van der Waals surface area (Å²) in [7, 11) is 30.0. The van der Waals surface area contributed by atoms with Gasteiger partial charge >= 0.3 is 84.1 Å². The van der Waals surface area contributed by atoms with Crippen LogP contribution in [0, 0.1) is 58.1 Å². The van der Waals surface area contributed by atoms with Crippen molar-refractivity contribution in [2.24, 2.45) is 0 Å². The molecule has 2 N–H and O–H groups in total. The Hall–Kier alpha value is -3.93. The van der Waals surface area contributed by atoms with Crippen LogP contribution in [-0.2, 0) is 64.9 Å². The van der Waals surface area contributed by atoms with Crippen LogP contribution >= 0.6 is 56.5 Å². The monoisotopic (exact) mass is 2080 g/mol. The number of rotatable bonds is 14. The second-order valence-corrected chi connectivity index (χ2v) is 49.4. The molecule has 12 aromatic carbocycles. The number of ether oxygens (including phenoxy) is 8. The van der Waals surface area contributed by atoms with Crippen molar-refractivity contribution in [1.82, 2.24) is 10.6 Å². The van der Waals surface area contributed by atoms with Crippen LogP contribution in [0.25, 0.3) is 22.3 Å².